The van der Waals surface area contributed by atoms with Crippen LogP contribution in [0.5, 0.6) is 5.75 Å². The van der Waals surface area contributed by atoms with E-state index in [2.05, 4.69) is 0 Å². The number of methoxy groups -OCH3 is 2. The van der Waals surface area contributed by atoms with E-state index in [1.165, 1.54) is 7.11 Å². The van der Waals surface area contributed by atoms with Crippen molar-refractivity contribution in [2.45, 2.75) is 18.6 Å². The van der Waals surface area contributed by atoms with Crippen LogP contribution >= 0.6 is 0 Å². The molecule has 2 aliphatic rings. The van der Waals surface area contributed by atoms with Gasteiger partial charge in [-0.15, -0.1) is 0 Å². The first-order valence-corrected chi connectivity index (χ1v) is 9.30. The van der Waals surface area contributed by atoms with Gasteiger partial charge in [0.25, 0.3) is 5.56 Å². The van der Waals surface area contributed by atoms with Gasteiger partial charge in [-0.25, -0.2) is 0 Å². The van der Waals surface area contributed by atoms with Crippen molar-refractivity contribution in [3.8, 4) is 16.9 Å². The molecule has 2 aromatic rings. The summed E-state index contributed by atoms with van der Waals surface area (Å²) in [6.45, 7) is 0.352. The van der Waals surface area contributed by atoms with Crippen LogP contribution in [0.2, 0.25) is 0 Å². The Hall–Kier alpha value is -2.64. The smallest absolute Gasteiger partial charge is 0.323 e. The summed E-state index contributed by atoms with van der Waals surface area (Å²) in [5, 5.41) is 9.94. The molecule has 7 heteroatoms. The highest BCUT2D eigenvalue weighted by Crippen LogP contribution is 2.48. The van der Waals surface area contributed by atoms with Gasteiger partial charge >= 0.3 is 5.97 Å². The Kier molecular flexibility index (Phi) is 4.72. The molecule has 2 aliphatic heterocycles. The largest absolute Gasteiger partial charge is 0.497 e. The highest BCUT2D eigenvalue weighted by molar-refractivity contribution is 5.77. The number of aromatic nitrogens is 1. The van der Waals surface area contributed by atoms with Crippen molar-refractivity contribution in [1.29, 1.82) is 0 Å². The van der Waals surface area contributed by atoms with Crippen LogP contribution in [-0.2, 0) is 16.1 Å². The van der Waals surface area contributed by atoms with E-state index in [-0.39, 0.29) is 36.0 Å². The Labute approximate surface area is 163 Å². The number of hydrogen-bond acceptors (Lipinski definition) is 6. The SMILES string of the molecule is COC(=O)[C@@H]1[C@@H](CO)[C@@H]2Cn3c(ccc(-c4ccc(OC)cc4)c3=O)[C@@H]2N1C. The topological polar surface area (TPSA) is 81.0 Å². The first kappa shape index (κ1) is 18.7. The van der Waals surface area contributed by atoms with Crippen molar-refractivity contribution >= 4 is 5.97 Å². The molecule has 0 amide bonds. The van der Waals surface area contributed by atoms with E-state index in [0.29, 0.717) is 12.1 Å². The number of carbonyl (C=O) groups is 1. The van der Waals surface area contributed by atoms with Gasteiger partial charge in [0, 0.05) is 36.2 Å². The quantitative estimate of drug-likeness (QED) is 0.800. The van der Waals surface area contributed by atoms with Crippen LogP contribution in [0.3, 0.4) is 0 Å². The molecule has 0 bridgehead atoms. The second-order valence-electron chi connectivity index (χ2n) is 7.40. The van der Waals surface area contributed by atoms with Crippen LogP contribution in [-0.4, -0.2) is 54.5 Å². The number of pyridine rings is 1. The van der Waals surface area contributed by atoms with E-state index in [1.807, 2.05) is 48.3 Å². The van der Waals surface area contributed by atoms with Crippen molar-refractivity contribution in [2.24, 2.45) is 11.8 Å². The second-order valence-corrected chi connectivity index (χ2v) is 7.40. The molecule has 0 aliphatic carbocycles. The van der Waals surface area contributed by atoms with Crippen molar-refractivity contribution < 1.29 is 19.4 Å². The zero-order chi connectivity index (χ0) is 20.0. The van der Waals surface area contributed by atoms with E-state index in [9.17, 15) is 14.7 Å². The van der Waals surface area contributed by atoms with Crippen LogP contribution < -0.4 is 10.3 Å². The molecule has 4 atom stereocenters. The monoisotopic (exact) mass is 384 g/mol. The van der Waals surface area contributed by atoms with E-state index in [4.69, 9.17) is 9.47 Å². The Morgan fingerprint density at radius 1 is 1.18 bits per heavy atom. The fourth-order valence-electron chi connectivity index (χ4n) is 4.85. The summed E-state index contributed by atoms with van der Waals surface area (Å²) in [4.78, 5) is 27.4. The van der Waals surface area contributed by atoms with Gasteiger partial charge in [0.1, 0.15) is 11.8 Å². The normalized spacial score (nSPS) is 26.0. The standard InChI is InChI=1S/C21H24N2O5/c1-22-18-15(16(11-24)19(22)21(26)28-3)10-23-17(18)9-8-14(20(23)25)12-4-6-13(27-2)7-5-12/h4-9,15-16,18-19,24H,10-11H2,1-3H3/t15-,16-,18+,19-/m0/s1. The number of nitrogens with zero attached hydrogens (tertiary/aromatic N) is 2. The van der Waals surface area contributed by atoms with Crippen molar-refractivity contribution in [2.75, 3.05) is 27.9 Å². The van der Waals surface area contributed by atoms with Crippen LogP contribution in [0, 0.1) is 11.8 Å². The summed E-state index contributed by atoms with van der Waals surface area (Å²) in [6, 6.07) is 10.6. The number of ether oxygens (including phenoxy) is 2. The van der Waals surface area contributed by atoms with Gasteiger partial charge < -0.3 is 19.1 Å². The highest BCUT2D eigenvalue weighted by Gasteiger charge is 2.54. The number of fused-ring (bicyclic) bond motifs is 3. The molecule has 28 heavy (non-hydrogen) atoms. The number of hydrogen-bond donors (Lipinski definition) is 1. The van der Waals surface area contributed by atoms with Gasteiger partial charge in [-0.3, -0.25) is 14.5 Å². The van der Waals surface area contributed by atoms with E-state index in [1.54, 1.807) is 11.7 Å². The van der Waals surface area contributed by atoms with E-state index in [0.717, 1.165) is 17.0 Å². The number of esters is 1. The molecule has 0 radical (unpaired) electrons. The molecule has 1 aromatic carbocycles. The zero-order valence-corrected chi connectivity index (χ0v) is 16.2. The third-order valence-electron chi connectivity index (χ3n) is 6.20. The van der Waals surface area contributed by atoms with Gasteiger partial charge in [0.05, 0.1) is 20.3 Å². The molecule has 0 saturated carbocycles. The average Bonchev–Trinajstić information content (AvgIpc) is 3.23. The fourth-order valence-corrected chi connectivity index (χ4v) is 4.85. The minimum Gasteiger partial charge on any atom is -0.497 e. The molecule has 1 saturated heterocycles. The summed E-state index contributed by atoms with van der Waals surface area (Å²) >= 11 is 0. The number of benzene rings is 1. The van der Waals surface area contributed by atoms with Crippen LogP contribution in [0.25, 0.3) is 11.1 Å². The number of carbonyl (C=O) groups excluding carboxylic acids is 1. The number of likely N-dealkylation sites (tertiary alicyclic amines) is 1. The molecular formula is C21H24N2O5. The lowest BCUT2D eigenvalue weighted by Gasteiger charge is -2.25. The first-order chi connectivity index (χ1) is 13.5. The Bertz CT molecular complexity index is 952. The molecular weight excluding hydrogens is 360 g/mol. The van der Waals surface area contributed by atoms with Gasteiger partial charge in [-0.05, 0) is 36.9 Å². The van der Waals surface area contributed by atoms with Crippen LogP contribution in [0.15, 0.2) is 41.2 Å². The van der Waals surface area contributed by atoms with Gasteiger partial charge in [0.2, 0.25) is 0 Å². The minimum absolute atomic E-state index is 0.0158. The second kappa shape index (κ2) is 7.07. The highest BCUT2D eigenvalue weighted by atomic mass is 16.5. The molecule has 0 spiro atoms. The number of aliphatic hydroxyl groups is 1. The van der Waals surface area contributed by atoms with Crippen LogP contribution in [0.4, 0.5) is 0 Å². The number of aliphatic hydroxyl groups excluding tert-OH is 1. The fraction of sp³-hybridized carbons (Fsp3) is 0.429. The summed E-state index contributed by atoms with van der Waals surface area (Å²) in [5.74, 6) is 0.101. The molecule has 1 fully saturated rings. The van der Waals surface area contributed by atoms with Gasteiger partial charge in [-0.1, -0.05) is 12.1 Å². The lowest BCUT2D eigenvalue weighted by atomic mass is 9.88. The maximum absolute atomic E-state index is 13.2. The predicted octanol–water partition coefficient (Wildman–Crippen LogP) is 1.29. The summed E-state index contributed by atoms with van der Waals surface area (Å²) in [7, 11) is 4.82. The number of rotatable bonds is 4. The molecule has 0 unspecified atom stereocenters. The Morgan fingerprint density at radius 3 is 2.50 bits per heavy atom. The molecule has 4 rings (SSSR count). The summed E-state index contributed by atoms with van der Waals surface area (Å²) in [5.41, 5.74) is 2.27. The van der Waals surface area contributed by atoms with Crippen molar-refractivity contribution in [3.63, 3.8) is 0 Å². The Morgan fingerprint density at radius 2 is 1.89 bits per heavy atom. The third-order valence-corrected chi connectivity index (χ3v) is 6.20. The third kappa shape index (κ3) is 2.65. The molecule has 148 valence electrons. The molecule has 1 N–H and O–H groups in total. The van der Waals surface area contributed by atoms with Gasteiger partial charge in [-0.2, -0.15) is 0 Å². The van der Waals surface area contributed by atoms with E-state index < -0.39 is 6.04 Å². The zero-order valence-electron chi connectivity index (χ0n) is 16.2. The molecule has 1 aromatic heterocycles. The van der Waals surface area contributed by atoms with E-state index >= 15 is 0 Å². The average molecular weight is 384 g/mol. The lowest BCUT2D eigenvalue weighted by molar-refractivity contribution is -0.147. The summed E-state index contributed by atoms with van der Waals surface area (Å²) < 4.78 is 11.9. The molecule has 7 nitrogen and oxygen atoms in total. The summed E-state index contributed by atoms with van der Waals surface area (Å²) in [6.07, 6.45) is 0. The minimum atomic E-state index is -0.505. The molecule has 3 heterocycles. The maximum Gasteiger partial charge on any atom is 0.323 e. The van der Waals surface area contributed by atoms with Crippen molar-refractivity contribution in [3.05, 3.63) is 52.4 Å². The van der Waals surface area contributed by atoms with Gasteiger partial charge in [0.15, 0.2) is 0 Å². The van der Waals surface area contributed by atoms with Crippen molar-refractivity contribution in [1.82, 2.24) is 9.47 Å². The lowest BCUT2D eigenvalue weighted by Crippen LogP contribution is -2.41. The van der Waals surface area contributed by atoms with Crippen LogP contribution in [0.1, 0.15) is 11.7 Å². The maximum atomic E-state index is 13.2. The first-order valence-electron chi connectivity index (χ1n) is 9.30. The number of likely N-dealkylation sites (N-methyl/N-ethyl adjacent to an activating group) is 1. The predicted molar refractivity (Wildman–Crippen MR) is 103 cm³/mol. The Balaban J connectivity index is 1.74.